The Morgan fingerprint density at radius 2 is 0.592 bits per heavy atom. The Balaban J connectivity index is 0.000000370. The van der Waals surface area contributed by atoms with Gasteiger partial charge < -0.3 is 19.2 Å². The van der Waals surface area contributed by atoms with Crippen molar-refractivity contribution in [3.8, 4) is 0 Å². The number of hydrogen-bond acceptors (Lipinski definition) is 3. The van der Waals surface area contributed by atoms with E-state index in [0.29, 0.717) is 0 Å². The molecule has 0 atom stereocenters. The monoisotopic (exact) mass is 995 g/mol. The molecule has 0 radical (unpaired) electrons. The van der Waals surface area contributed by atoms with Crippen molar-refractivity contribution in [3.63, 3.8) is 0 Å². The molecular weight excluding hydrogens is 893 g/mol. The first-order valence-electron chi connectivity index (χ1n) is 28.4. The Morgan fingerprint density at radius 1 is 0.352 bits per heavy atom. The third-order valence-electron chi connectivity index (χ3n) is 13.6. The van der Waals surface area contributed by atoms with Gasteiger partial charge in [-0.2, -0.15) is 0 Å². The second-order valence-electron chi connectivity index (χ2n) is 21.6. The summed E-state index contributed by atoms with van der Waals surface area (Å²) in [6.07, 6.45) is 40.4. The van der Waals surface area contributed by atoms with E-state index in [2.05, 4.69) is 103 Å². The molecule has 0 bridgehead atoms. The zero-order valence-corrected chi connectivity index (χ0v) is 46.8. The number of benzene rings is 4. The highest BCUT2D eigenvalue weighted by molar-refractivity contribution is 7.99. The molecule has 0 aliphatic rings. The SMILES string of the molecule is CCCCCCCCCCCCCCCC[N+](C)(C)Cc1ccccc1.CCCCCCCCCCCCCCCC[N+](C)(C)Cc1ccccc1.O=C(O)c1ccc(Sc2ccc(C(=O)O)cc2)cc1. The van der Waals surface area contributed by atoms with E-state index in [4.69, 9.17) is 10.2 Å². The number of nitrogens with zero attached hydrogens (tertiary/aromatic N) is 2. The Labute approximate surface area is 439 Å². The predicted octanol–water partition coefficient (Wildman–Crippen LogP) is 18.7. The van der Waals surface area contributed by atoms with Crippen LogP contribution in [0.25, 0.3) is 0 Å². The summed E-state index contributed by atoms with van der Waals surface area (Å²) in [7, 11) is 9.48. The van der Waals surface area contributed by atoms with Crippen molar-refractivity contribution in [1.82, 2.24) is 0 Å². The van der Waals surface area contributed by atoms with Crippen molar-refractivity contribution in [2.24, 2.45) is 0 Å². The van der Waals surface area contributed by atoms with Crippen LogP contribution in [0.15, 0.2) is 119 Å². The Bertz CT molecular complexity index is 1730. The molecule has 4 aromatic carbocycles. The quantitative estimate of drug-likeness (QED) is 0.0346. The Morgan fingerprint density at radius 3 is 0.831 bits per heavy atom. The maximum atomic E-state index is 10.7. The van der Waals surface area contributed by atoms with Crippen molar-refractivity contribution in [3.05, 3.63) is 131 Å². The number of unbranched alkanes of at least 4 members (excludes halogenated alkanes) is 26. The van der Waals surface area contributed by atoms with Gasteiger partial charge in [0.1, 0.15) is 13.1 Å². The molecule has 6 nitrogen and oxygen atoms in total. The van der Waals surface area contributed by atoms with Crippen LogP contribution in [-0.4, -0.2) is 72.4 Å². The van der Waals surface area contributed by atoms with Gasteiger partial charge in [-0.15, -0.1) is 0 Å². The van der Waals surface area contributed by atoms with Crippen LogP contribution in [0.4, 0.5) is 0 Å². The molecule has 0 amide bonds. The summed E-state index contributed by atoms with van der Waals surface area (Å²) in [5, 5.41) is 17.6. The Kier molecular flexibility index (Phi) is 36.1. The minimum atomic E-state index is -0.956. The molecule has 0 spiro atoms. The highest BCUT2D eigenvalue weighted by Gasteiger charge is 2.16. The minimum absolute atomic E-state index is 0.241. The lowest BCUT2D eigenvalue weighted by molar-refractivity contribution is -0.903. The predicted molar refractivity (Wildman–Crippen MR) is 306 cm³/mol. The van der Waals surface area contributed by atoms with Gasteiger partial charge in [-0.25, -0.2) is 9.59 Å². The third kappa shape index (κ3) is 35.0. The average Bonchev–Trinajstić information content (AvgIpc) is 3.35. The second-order valence-corrected chi connectivity index (χ2v) is 22.7. The zero-order chi connectivity index (χ0) is 51.7. The van der Waals surface area contributed by atoms with Gasteiger partial charge in [0.05, 0.1) is 52.4 Å². The molecule has 4 rings (SSSR count). The first-order valence-corrected chi connectivity index (χ1v) is 29.2. The summed E-state index contributed by atoms with van der Waals surface area (Å²) in [6.45, 7) is 9.49. The first kappa shape index (κ1) is 63.2. The van der Waals surface area contributed by atoms with Crippen molar-refractivity contribution in [2.45, 2.75) is 217 Å². The van der Waals surface area contributed by atoms with Crippen LogP contribution in [-0.2, 0) is 13.1 Å². The fourth-order valence-electron chi connectivity index (χ4n) is 9.25. The molecule has 71 heavy (non-hydrogen) atoms. The summed E-state index contributed by atoms with van der Waals surface area (Å²) < 4.78 is 2.23. The van der Waals surface area contributed by atoms with Crippen molar-refractivity contribution < 1.29 is 28.8 Å². The van der Waals surface area contributed by atoms with Crippen molar-refractivity contribution in [2.75, 3.05) is 41.3 Å². The molecule has 0 aliphatic heterocycles. The van der Waals surface area contributed by atoms with E-state index in [1.54, 1.807) is 24.3 Å². The summed E-state index contributed by atoms with van der Waals surface area (Å²) in [5.74, 6) is -1.91. The van der Waals surface area contributed by atoms with E-state index in [1.807, 2.05) is 0 Å². The number of rotatable bonds is 38. The number of carboxylic acid groups (broad SMARTS) is 2. The lowest BCUT2D eigenvalue weighted by Gasteiger charge is -2.30. The zero-order valence-electron chi connectivity index (χ0n) is 46.0. The first-order chi connectivity index (χ1) is 34.3. The number of carbonyl (C=O) groups is 2. The van der Waals surface area contributed by atoms with Gasteiger partial charge in [0.25, 0.3) is 0 Å². The Hall–Kier alpha value is -3.91. The molecule has 7 heteroatoms. The molecule has 0 heterocycles. The van der Waals surface area contributed by atoms with Gasteiger partial charge in [-0.1, -0.05) is 240 Å². The minimum Gasteiger partial charge on any atom is -0.478 e. The largest absolute Gasteiger partial charge is 0.478 e. The van der Waals surface area contributed by atoms with Crippen LogP contribution in [0.3, 0.4) is 0 Å². The van der Waals surface area contributed by atoms with Crippen LogP contribution in [0.1, 0.15) is 225 Å². The fourth-order valence-corrected chi connectivity index (χ4v) is 10.1. The van der Waals surface area contributed by atoms with Gasteiger partial charge >= 0.3 is 11.9 Å². The van der Waals surface area contributed by atoms with Gasteiger partial charge in [0.15, 0.2) is 0 Å². The molecule has 2 N–H and O–H groups in total. The summed E-state index contributed by atoms with van der Waals surface area (Å²) >= 11 is 1.44. The standard InChI is InChI=1S/2C25H46N.C14H10O4S/c2*1-4-5-6-7-8-9-10-11-12-13-14-15-16-20-23-26(2,3)24-25-21-18-17-19-22-25;15-13(16)9-1-5-11(6-2-9)19-12-7-3-10(4-8-12)14(17)18/h2*17-19,21-22H,4-16,20,23-24H2,1-3H3;1-8H,(H,15,16)(H,17,18)/q2*+1;. The van der Waals surface area contributed by atoms with E-state index >= 15 is 0 Å². The number of carboxylic acids is 2. The summed E-state index contributed by atoms with van der Waals surface area (Å²) in [4.78, 5) is 23.2. The van der Waals surface area contributed by atoms with Crippen LogP contribution >= 0.6 is 11.8 Å². The highest BCUT2D eigenvalue weighted by Crippen LogP contribution is 2.28. The molecule has 0 saturated heterocycles. The van der Waals surface area contributed by atoms with E-state index < -0.39 is 11.9 Å². The van der Waals surface area contributed by atoms with Gasteiger partial charge in [-0.3, -0.25) is 0 Å². The normalized spacial score (nSPS) is 11.4. The van der Waals surface area contributed by atoms with Crippen LogP contribution in [0.5, 0.6) is 0 Å². The van der Waals surface area contributed by atoms with Crippen LogP contribution < -0.4 is 0 Å². The molecule has 0 unspecified atom stereocenters. The molecule has 0 aromatic heterocycles. The van der Waals surface area contributed by atoms with Crippen molar-refractivity contribution in [1.29, 1.82) is 0 Å². The molecule has 4 aromatic rings. The summed E-state index contributed by atoms with van der Waals surface area (Å²) in [5.41, 5.74) is 3.40. The molecule has 0 saturated carbocycles. The van der Waals surface area contributed by atoms with E-state index in [9.17, 15) is 9.59 Å². The van der Waals surface area contributed by atoms with E-state index in [0.717, 1.165) is 31.8 Å². The van der Waals surface area contributed by atoms with Crippen molar-refractivity contribution >= 4 is 23.7 Å². The topological polar surface area (TPSA) is 74.6 Å². The van der Waals surface area contributed by atoms with Gasteiger partial charge in [0.2, 0.25) is 0 Å². The van der Waals surface area contributed by atoms with E-state index in [1.165, 1.54) is 240 Å². The maximum absolute atomic E-state index is 10.7. The summed E-state index contributed by atoms with van der Waals surface area (Å²) in [6, 6.07) is 34.9. The third-order valence-corrected chi connectivity index (χ3v) is 14.6. The second kappa shape index (κ2) is 40.6. The lowest BCUT2D eigenvalue weighted by atomic mass is 10.0. The molecular formula is C64H102N2O4S+2. The van der Waals surface area contributed by atoms with Crippen LogP contribution in [0.2, 0.25) is 0 Å². The van der Waals surface area contributed by atoms with Gasteiger partial charge in [-0.05, 0) is 74.2 Å². The van der Waals surface area contributed by atoms with E-state index in [-0.39, 0.29) is 11.1 Å². The van der Waals surface area contributed by atoms with Crippen LogP contribution in [0, 0.1) is 0 Å². The molecule has 0 fully saturated rings. The average molecular weight is 996 g/mol. The maximum Gasteiger partial charge on any atom is 0.335 e. The fraction of sp³-hybridized carbons (Fsp3) is 0.594. The number of hydrogen-bond donors (Lipinski definition) is 2. The number of quaternary nitrogens is 2. The molecule has 0 aliphatic carbocycles. The smallest absolute Gasteiger partial charge is 0.335 e. The van der Waals surface area contributed by atoms with Gasteiger partial charge in [0, 0.05) is 20.9 Å². The molecule has 396 valence electrons. The number of aromatic carboxylic acids is 2. The highest BCUT2D eigenvalue weighted by atomic mass is 32.2. The lowest BCUT2D eigenvalue weighted by Crippen LogP contribution is -2.39.